The molecule has 0 aromatic heterocycles. The maximum atomic E-state index is 11.2. The van der Waals surface area contributed by atoms with Crippen LogP contribution in [0.3, 0.4) is 0 Å². The van der Waals surface area contributed by atoms with E-state index in [1.54, 1.807) is 0 Å². The molecule has 1 unspecified atom stereocenters. The topological polar surface area (TPSA) is 124 Å². The first-order valence-corrected chi connectivity index (χ1v) is 6.40. The Morgan fingerprint density at radius 1 is 1.45 bits per heavy atom. The summed E-state index contributed by atoms with van der Waals surface area (Å²) in [4.78, 5) is 21.7. The second-order valence-corrected chi connectivity index (χ2v) is 5.06. The summed E-state index contributed by atoms with van der Waals surface area (Å²) in [5, 5.41) is 14.0. The lowest BCUT2D eigenvalue weighted by Gasteiger charge is -2.20. The molecule has 0 radical (unpaired) electrons. The van der Waals surface area contributed by atoms with E-state index in [0.717, 1.165) is 6.42 Å². The number of rotatable bonds is 7. The Bertz CT molecular complexity index is 502. The highest BCUT2D eigenvalue weighted by atomic mass is 16.6. The van der Waals surface area contributed by atoms with Crippen LogP contribution in [-0.4, -0.2) is 23.4 Å². The van der Waals surface area contributed by atoms with Gasteiger partial charge in [-0.1, -0.05) is 13.8 Å². The van der Waals surface area contributed by atoms with Crippen molar-refractivity contribution in [2.75, 3.05) is 11.9 Å². The molecule has 0 fully saturated rings. The van der Waals surface area contributed by atoms with Crippen molar-refractivity contribution in [2.45, 2.75) is 26.3 Å². The zero-order valence-electron chi connectivity index (χ0n) is 11.6. The van der Waals surface area contributed by atoms with Gasteiger partial charge < -0.3 is 16.8 Å². The average molecular weight is 280 g/mol. The van der Waals surface area contributed by atoms with Crippen molar-refractivity contribution in [3.63, 3.8) is 0 Å². The number of nitro groups is 1. The number of hydrogen-bond donors (Lipinski definition) is 3. The Morgan fingerprint density at radius 2 is 2.10 bits per heavy atom. The van der Waals surface area contributed by atoms with E-state index >= 15 is 0 Å². The molecule has 0 saturated carbocycles. The largest absolute Gasteiger partial charge is 0.375 e. The molecule has 7 heteroatoms. The molecule has 110 valence electrons. The van der Waals surface area contributed by atoms with E-state index in [1.807, 2.05) is 13.8 Å². The van der Waals surface area contributed by atoms with Crippen molar-refractivity contribution in [2.24, 2.45) is 17.4 Å². The Morgan fingerprint density at radius 3 is 2.55 bits per heavy atom. The Labute approximate surface area is 117 Å². The summed E-state index contributed by atoms with van der Waals surface area (Å²) in [6, 6.07) is 3.90. The van der Waals surface area contributed by atoms with E-state index in [9.17, 15) is 14.9 Å². The van der Waals surface area contributed by atoms with Gasteiger partial charge >= 0.3 is 0 Å². The number of nitrogens with zero attached hydrogens (tertiary/aromatic N) is 1. The summed E-state index contributed by atoms with van der Waals surface area (Å²) >= 11 is 0. The van der Waals surface area contributed by atoms with Gasteiger partial charge in [0.15, 0.2) is 0 Å². The van der Waals surface area contributed by atoms with Crippen molar-refractivity contribution in [3.05, 3.63) is 33.9 Å². The van der Waals surface area contributed by atoms with Gasteiger partial charge in [0.2, 0.25) is 5.91 Å². The lowest BCUT2D eigenvalue weighted by molar-refractivity contribution is -0.384. The summed E-state index contributed by atoms with van der Waals surface area (Å²) in [6.45, 7) is 4.42. The molecule has 5 N–H and O–H groups in total. The monoisotopic (exact) mass is 280 g/mol. The summed E-state index contributed by atoms with van der Waals surface area (Å²) < 4.78 is 0. The number of benzene rings is 1. The van der Waals surface area contributed by atoms with Crippen LogP contribution in [0.25, 0.3) is 0 Å². The number of nitrogens with two attached hydrogens (primary N) is 2. The fourth-order valence-corrected chi connectivity index (χ4v) is 1.97. The highest BCUT2D eigenvalue weighted by molar-refractivity contribution is 5.94. The minimum absolute atomic E-state index is 0.0998. The van der Waals surface area contributed by atoms with E-state index in [2.05, 4.69) is 5.32 Å². The zero-order chi connectivity index (χ0) is 15.3. The van der Waals surface area contributed by atoms with E-state index in [0.29, 0.717) is 12.5 Å². The summed E-state index contributed by atoms with van der Waals surface area (Å²) in [5.74, 6) is -0.231. The lowest BCUT2D eigenvalue weighted by atomic mass is 10.0. The van der Waals surface area contributed by atoms with E-state index in [4.69, 9.17) is 11.5 Å². The number of nitro benzene ring substituents is 1. The maximum absolute atomic E-state index is 11.2. The fourth-order valence-electron chi connectivity index (χ4n) is 1.97. The van der Waals surface area contributed by atoms with Crippen molar-refractivity contribution in [1.29, 1.82) is 0 Å². The molecule has 0 aliphatic heterocycles. The molecule has 0 heterocycles. The van der Waals surface area contributed by atoms with Crippen LogP contribution in [0.2, 0.25) is 0 Å². The van der Waals surface area contributed by atoms with E-state index in [1.165, 1.54) is 18.2 Å². The smallest absolute Gasteiger partial charge is 0.292 e. The van der Waals surface area contributed by atoms with Gasteiger partial charge in [-0.2, -0.15) is 0 Å². The molecule has 0 aliphatic carbocycles. The normalized spacial score (nSPS) is 12.2. The number of hydrogen-bond acceptors (Lipinski definition) is 5. The Kier molecular flexibility index (Phi) is 5.45. The molecule has 1 rings (SSSR count). The van der Waals surface area contributed by atoms with Gasteiger partial charge in [0.25, 0.3) is 5.69 Å². The van der Waals surface area contributed by atoms with Gasteiger partial charge in [-0.3, -0.25) is 14.9 Å². The van der Waals surface area contributed by atoms with Crippen LogP contribution >= 0.6 is 0 Å². The zero-order valence-corrected chi connectivity index (χ0v) is 11.6. The van der Waals surface area contributed by atoms with Crippen LogP contribution in [0.1, 0.15) is 30.6 Å². The summed E-state index contributed by atoms with van der Waals surface area (Å²) in [7, 11) is 0. The third kappa shape index (κ3) is 4.20. The molecule has 20 heavy (non-hydrogen) atoms. The first-order valence-electron chi connectivity index (χ1n) is 6.40. The molecule has 0 spiro atoms. The van der Waals surface area contributed by atoms with Crippen molar-refractivity contribution >= 4 is 17.3 Å². The lowest BCUT2D eigenvalue weighted by Crippen LogP contribution is -2.30. The van der Waals surface area contributed by atoms with Crippen LogP contribution in [-0.2, 0) is 0 Å². The highest BCUT2D eigenvalue weighted by Gasteiger charge is 2.19. The Hall–Kier alpha value is -2.15. The third-order valence-corrected chi connectivity index (χ3v) is 2.88. The fraction of sp³-hybridized carbons (Fsp3) is 0.462. The predicted molar refractivity (Wildman–Crippen MR) is 77.5 cm³/mol. The number of nitrogens with one attached hydrogen (secondary N) is 1. The molecule has 1 amide bonds. The molecular formula is C13H20N4O3. The molecule has 0 aliphatic rings. The van der Waals surface area contributed by atoms with Gasteiger partial charge in [0.05, 0.1) is 4.92 Å². The van der Waals surface area contributed by atoms with Crippen molar-refractivity contribution in [1.82, 2.24) is 0 Å². The highest BCUT2D eigenvalue weighted by Crippen LogP contribution is 2.26. The first-order chi connectivity index (χ1) is 9.35. The maximum Gasteiger partial charge on any atom is 0.292 e. The minimum Gasteiger partial charge on any atom is -0.375 e. The number of carbonyl (C=O) groups excluding carboxylic acids is 1. The van der Waals surface area contributed by atoms with Gasteiger partial charge in [0.1, 0.15) is 5.69 Å². The molecule has 1 aromatic carbocycles. The second-order valence-electron chi connectivity index (χ2n) is 5.06. The molecular weight excluding hydrogens is 260 g/mol. The van der Waals surface area contributed by atoms with Crippen LogP contribution in [0, 0.1) is 16.0 Å². The van der Waals surface area contributed by atoms with Crippen LogP contribution in [0.5, 0.6) is 0 Å². The van der Waals surface area contributed by atoms with Crippen molar-refractivity contribution in [3.8, 4) is 0 Å². The van der Waals surface area contributed by atoms with Gasteiger partial charge in [0, 0.05) is 24.2 Å². The van der Waals surface area contributed by atoms with Gasteiger partial charge in [-0.05, 0) is 24.5 Å². The average Bonchev–Trinajstić information content (AvgIpc) is 2.36. The number of carbonyl (C=O) groups is 1. The second kappa shape index (κ2) is 6.85. The molecule has 0 bridgehead atoms. The number of primary amides is 1. The van der Waals surface area contributed by atoms with Gasteiger partial charge in [-0.15, -0.1) is 0 Å². The molecule has 1 aromatic rings. The quantitative estimate of drug-likeness (QED) is 0.515. The van der Waals surface area contributed by atoms with Crippen molar-refractivity contribution < 1.29 is 9.72 Å². The van der Waals surface area contributed by atoms with E-state index < -0.39 is 10.8 Å². The summed E-state index contributed by atoms with van der Waals surface area (Å²) in [6.07, 6.45) is 0.772. The summed E-state index contributed by atoms with van der Waals surface area (Å²) in [5.41, 5.74) is 11.2. The Balaban J connectivity index is 3.08. The predicted octanol–water partition coefficient (Wildman–Crippen LogP) is 1.48. The van der Waals surface area contributed by atoms with Crippen LogP contribution in [0.15, 0.2) is 18.2 Å². The van der Waals surface area contributed by atoms with Crippen LogP contribution in [0.4, 0.5) is 11.4 Å². The molecule has 0 saturated heterocycles. The van der Waals surface area contributed by atoms with E-state index in [-0.39, 0.29) is 23.0 Å². The number of anilines is 1. The SMILES string of the molecule is CC(C)CC(CN)Nc1cc(C(N)=O)ccc1[N+](=O)[O-]. The van der Waals surface area contributed by atoms with Gasteiger partial charge in [-0.25, -0.2) is 0 Å². The molecule has 1 atom stereocenters. The third-order valence-electron chi connectivity index (χ3n) is 2.88. The standard InChI is InChI=1S/C13H20N4O3/c1-8(2)5-10(7-14)16-11-6-9(13(15)18)3-4-12(11)17(19)20/h3-4,6,8,10,16H,5,7,14H2,1-2H3,(H2,15,18). The van der Waals surface area contributed by atoms with Crippen LogP contribution < -0.4 is 16.8 Å². The first kappa shape index (κ1) is 15.9. The minimum atomic E-state index is -0.629. The molecule has 7 nitrogen and oxygen atoms in total. The number of amides is 1.